The van der Waals surface area contributed by atoms with Crippen LogP contribution in [-0.2, 0) is 17.8 Å². The fourth-order valence-corrected chi connectivity index (χ4v) is 3.04. The first-order valence-corrected chi connectivity index (χ1v) is 6.96. The predicted octanol–water partition coefficient (Wildman–Crippen LogP) is 2.89. The standard InChI is InChI=1S/C14H18ClNO2/c15-12-5-10(7-13-3-1-2-4-16-13)14-11(6-12)8-17-9-18-14/h5-6,13,16H,1-4,7-9H2. The van der Waals surface area contributed by atoms with Crippen molar-refractivity contribution in [3.63, 3.8) is 0 Å². The summed E-state index contributed by atoms with van der Waals surface area (Å²) in [5, 5.41) is 4.34. The van der Waals surface area contributed by atoms with E-state index in [-0.39, 0.29) is 0 Å². The van der Waals surface area contributed by atoms with Crippen molar-refractivity contribution in [2.45, 2.75) is 38.3 Å². The maximum atomic E-state index is 6.17. The average molecular weight is 268 g/mol. The van der Waals surface area contributed by atoms with Gasteiger partial charge in [-0.1, -0.05) is 18.0 Å². The quantitative estimate of drug-likeness (QED) is 0.894. The van der Waals surface area contributed by atoms with Crippen molar-refractivity contribution in [3.05, 3.63) is 28.3 Å². The first-order chi connectivity index (χ1) is 8.83. The highest BCUT2D eigenvalue weighted by molar-refractivity contribution is 6.30. The van der Waals surface area contributed by atoms with Crippen LogP contribution >= 0.6 is 11.6 Å². The molecule has 18 heavy (non-hydrogen) atoms. The van der Waals surface area contributed by atoms with Crippen LogP contribution in [0.2, 0.25) is 5.02 Å². The number of hydrogen-bond acceptors (Lipinski definition) is 3. The van der Waals surface area contributed by atoms with Gasteiger partial charge in [-0.15, -0.1) is 0 Å². The molecule has 1 aromatic carbocycles. The third kappa shape index (κ3) is 2.63. The summed E-state index contributed by atoms with van der Waals surface area (Å²) in [4.78, 5) is 0. The number of rotatable bonds is 2. The number of fused-ring (bicyclic) bond motifs is 1. The van der Waals surface area contributed by atoms with Crippen molar-refractivity contribution >= 4 is 11.6 Å². The summed E-state index contributed by atoms with van der Waals surface area (Å²) in [7, 11) is 0. The van der Waals surface area contributed by atoms with E-state index in [1.807, 2.05) is 12.1 Å². The maximum absolute atomic E-state index is 6.17. The zero-order valence-electron chi connectivity index (χ0n) is 10.4. The third-order valence-electron chi connectivity index (χ3n) is 3.63. The van der Waals surface area contributed by atoms with Gasteiger partial charge in [0.05, 0.1) is 6.61 Å². The number of benzene rings is 1. The molecule has 2 aliphatic heterocycles. The maximum Gasteiger partial charge on any atom is 0.189 e. The van der Waals surface area contributed by atoms with Gasteiger partial charge < -0.3 is 14.8 Å². The number of hydrogen-bond donors (Lipinski definition) is 1. The molecule has 1 saturated heterocycles. The van der Waals surface area contributed by atoms with E-state index in [4.69, 9.17) is 21.1 Å². The lowest BCUT2D eigenvalue weighted by molar-refractivity contribution is -0.0171. The Morgan fingerprint density at radius 2 is 2.28 bits per heavy atom. The van der Waals surface area contributed by atoms with E-state index in [1.165, 1.54) is 24.8 Å². The first kappa shape index (κ1) is 12.3. The van der Waals surface area contributed by atoms with Crippen molar-refractivity contribution in [1.82, 2.24) is 5.32 Å². The first-order valence-electron chi connectivity index (χ1n) is 6.58. The second-order valence-electron chi connectivity index (χ2n) is 5.01. The number of halogens is 1. The molecular weight excluding hydrogens is 250 g/mol. The van der Waals surface area contributed by atoms with Gasteiger partial charge >= 0.3 is 0 Å². The van der Waals surface area contributed by atoms with E-state index >= 15 is 0 Å². The minimum absolute atomic E-state index is 0.347. The van der Waals surface area contributed by atoms with E-state index in [2.05, 4.69) is 5.32 Å². The Balaban J connectivity index is 1.83. The van der Waals surface area contributed by atoms with Crippen LogP contribution in [0.4, 0.5) is 0 Å². The molecule has 0 aromatic heterocycles. The minimum Gasteiger partial charge on any atom is -0.467 e. The van der Waals surface area contributed by atoms with Crippen LogP contribution in [0.25, 0.3) is 0 Å². The molecule has 0 spiro atoms. The fraction of sp³-hybridized carbons (Fsp3) is 0.571. The summed E-state index contributed by atoms with van der Waals surface area (Å²) < 4.78 is 10.9. The van der Waals surface area contributed by atoms with Crippen LogP contribution in [0.15, 0.2) is 12.1 Å². The van der Waals surface area contributed by atoms with Crippen LogP contribution in [0.5, 0.6) is 5.75 Å². The second kappa shape index (κ2) is 5.47. The van der Waals surface area contributed by atoms with Crippen molar-refractivity contribution < 1.29 is 9.47 Å². The molecule has 2 heterocycles. The van der Waals surface area contributed by atoms with Crippen LogP contribution in [0, 0.1) is 0 Å². The topological polar surface area (TPSA) is 30.5 Å². The van der Waals surface area contributed by atoms with Crippen molar-refractivity contribution in [2.75, 3.05) is 13.3 Å². The summed E-state index contributed by atoms with van der Waals surface area (Å²) in [6.45, 7) is 2.07. The van der Waals surface area contributed by atoms with Gasteiger partial charge in [-0.05, 0) is 43.5 Å². The molecule has 4 heteroatoms. The number of piperidine rings is 1. The van der Waals surface area contributed by atoms with Gasteiger partial charge in [-0.3, -0.25) is 0 Å². The van der Waals surface area contributed by atoms with Crippen LogP contribution in [-0.4, -0.2) is 19.4 Å². The lowest BCUT2D eigenvalue weighted by Crippen LogP contribution is -2.35. The monoisotopic (exact) mass is 267 g/mol. The van der Waals surface area contributed by atoms with Crippen LogP contribution in [0.3, 0.4) is 0 Å². The van der Waals surface area contributed by atoms with Gasteiger partial charge in [-0.25, -0.2) is 0 Å². The molecule has 1 fully saturated rings. The molecule has 1 aromatic rings. The molecule has 1 N–H and O–H groups in total. The lowest BCUT2D eigenvalue weighted by atomic mass is 9.96. The average Bonchev–Trinajstić information content (AvgIpc) is 2.40. The van der Waals surface area contributed by atoms with E-state index < -0.39 is 0 Å². The van der Waals surface area contributed by atoms with Gasteiger partial charge in [0.1, 0.15) is 5.75 Å². The third-order valence-corrected chi connectivity index (χ3v) is 3.85. The Morgan fingerprint density at radius 3 is 3.11 bits per heavy atom. The highest BCUT2D eigenvalue weighted by Gasteiger charge is 2.20. The minimum atomic E-state index is 0.347. The van der Waals surface area contributed by atoms with E-state index in [0.717, 1.165) is 29.3 Å². The van der Waals surface area contributed by atoms with Gasteiger partial charge in [0.25, 0.3) is 0 Å². The normalized spacial score (nSPS) is 23.3. The lowest BCUT2D eigenvalue weighted by Gasteiger charge is -2.26. The molecule has 0 radical (unpaired) electrons. The van der Waals surface area contributed by atoms with Gasteiger partial charge in [0, 0.05) is 16.6 Å². The highest BCUT2D eigenvalue weighted by atomic mass is 35.5. The highest BCUT2D eigenvalue weighted by Crippen LogP contribution is 2.33. The van der Waals surface area contributed by atoms with Crippen molar-refractivity contribution in [2.24, 2.45) is 0 Å². The van der Waals surface area contributed by atoms with Crippen LogP contribution in [0.1, 0.15) is 30.4 Å². The van der Waals surface area contributed by atoms with Crippen molar-refractivity contribution in [1.29, 1.82) is 0 Å². The molecule has 0 saturated carbocycles. The molecule has 1 unspecified atom stereocenters. The largest absolute Gasteiger partial charge is 0.467 e. The van der Waals surface area contributed by atoms with Gasteiger partial charge in [0.15, 0.2) is 6.79 Å². The fourth-order valence-electron chi connectivity index (χ4n) is 2.77. The van der Waals surface area contributed by atoms with Gasteiger partial charge in [0.2, 0.25) is 0 Å². The number of nitrogens with one attached hydrogen (secondary N) is 1. The zero-order valence-corrected chi connectivity index (χ0v) is 11.1. The summed E-state index contributed by atoms with van der Waals surface area (Å²) in [5.41, 5.74) is 2.28. The Labute approximate surface area is 112 Å². The zero-order chi connectivity index (χ0) is 12.4. The molecule has 0 bridgehead atoms. The molecule has 98 valence electrons. The molecule has 1 atom stereocenters. The Morgan fingerprint density at radius 1 is 1.33 bits per heavy atom. The summed E-state index contributed by atoms with van der Waals surface area (Å²) in [6.07, 6.45) is 4.82. The van der Waals surface area contributed by atoms with Crippen LogP contribution < -0.4 is 10.1 Å². The van der Waals surface area contributed by atoms with E-state index in [9.17, 15) is 0 Å². The Hall–Kier alpha value is -0.770. The molecule has 0 amide bonds. The molecule has 0 aliphatic carbocycles. The Bertz CT molecular complexity index is 430. The van der Waals surface area contributed by atoms with E-state index in [0.29, 0.717) is 19.4 Å². The summed E-state index contributed by atoms with van der Waals surface area (Å²) in [5.74, 6) is 0.984. The molecule has 3 rings (SSSR count). The van der Waals surface area contributed by atoms with Gasteiger partial charge in [-0.2, -0.15) is 0 Å². The smallest absolute Gasteiger partial charge is 0.189 e. The summed E-state index contributed by atoms with van der Waals surface area (Å²) in [6, 6.07) is 4.52. The Kier molecular flexibility index (Phi) is 3.73. The molecule has 2 aliphatic rings. The predicted molar refractivity (Wildman–Crippen MR) is 71.1 cm³/mol. The summed E-state index contributed by atoms with van der Waals surface area (Å²) >= 11 is 6.17. The molecule has 3 nitrogen and oxygen atoms in total. The van der Waals surface area contributed by atoms with E-state index in [1.54, 1.807) is 0 Å². The number of ether oxygens (including phenoxy) is 2. The van der Waals surface area contributed by atoms with Crippen molar-refractivity contribution in [3.8, 4) is 5.75 Å². The second-order valence-corrected chi connectivity index (χ2v) is 5.45. The SMILES string of the molecule is Clc1cc2c(c(CC3CCCCN3)c1)OCOC2. The molecular formula is C14H18ClNO2.